The highest BCUT2D eigenvalue weighted by molar-refractivity contribution is 6.10. The minimum Gasteiger partial charge on any atom is -0.497 e. The number of hydrogen-bond acceptors (Lipinski definition) is 7. The second kappa shape index (κ2) is 25.0. The van der Waals surface area contributed by atoms with Gasteiger partial charge in [-0.1, -0.05) is 127 Å². The van der Waals surface area contributed by atoms with Crippen LogP contribution in [0.2, 0.25) is 0 Å². The molecule has 0 heterocycles. The molecule has 0 fully saturated rings. The fourth-order valence-electron chi connectivity index (χ4n) is 7.08. The van der Waals surface area contributed by atoms with Crippen molar-refractivity contribution in [3.63, 3.8) is 0 Å². The van der Waals surface area contributed by atoms with E-state index >= 15 is 0 Å². The van der Waals surface area contributed by atoms with Crippen LogP contribution in [0.5, 0.6) is 34.5 Å². The molecule has 0 saturated heterocycles. The van der Waals surface area contributed by atoms with Gasteiger partial charge in [-0.15, -0.1) is 0 Å². The number of carbonyl (C=O) groups excluding carboxylic acids is 3. The molecule has 0 radical (unpaired) electrons. The molecule has 0 atom stereocenters. The summed E-state index contributed by atoms with van der Waals surface area (Å²) >= 11 is 0. The van der Waals surface area contributed by atoms with Crippen molar-refractivity contribution in [3.8, 4) is 45.6 Å². The summed E-state index contributed by atoms with van der Waals surface area (Å²) in [6.45, 7) is 8.12. The van der Waals surface area contributed by atoms with E-state index < -0.39 is 0 Å². The minimum absolute atomic E-state index is 0. The molecule has 0 bridgehead atoms. The Morgan fingerprint density at radius 2 is 0.423 bits per heavy atom. The summed E-state index contributed by atoms with van der Waals surface area (Å²) in [4.78, 5) is 37.2. The molecule has 71 heavy (non-hydrogen) atoms. The van der Waals surface area contributed by atoms with E-state index in [4.69, 9.17) is 18.9 Å². The third-order valence-corrected chi connectivity index (χ3v) is 11.3. The van der Waals surface area contributed by atoms with E-state index in [0.717, 1.165) is 39.7 Å². The van der Waals surface area contributed by atoms with Gasteiger partial charge in [0.2, 0.25) is 0 Å². The Hall–Kier alpha value is -8.81. The topological polar surface area (TPSA) is 88.1 Å². The van der Waals surface area contributed by atoms with Crippen LogP contribution < -0.4 is 18.9 Å². The van der Waals surface area contributed by atoms with Gasteiger partial charge >= 0.3 is 0 Å². The van der Waals surface area contributed by atoms with Crippen molar-refractivity contribution in [2.45, 2.75) is 35.1 Å². The molecule has 356 valence electrons. The van der Waals surface area contributed by atoms with E-state index in [-0.39, 0.29) is 24.8 Å². The number of aryl methyl sites for hydroxylation is 4. The number of methoxy groups -OCH3 is 2. The van der Waals surface area contributed by atoms with Crippen molar-refractivity contribution >= 4 is 17.3 Å². The monoisotopic (exact) mass is 938 g/mol. The zero-order valence-corrected chi connectivity index (χ0v) is 40.1. The summed E-state index contributed by atoms with van der Waals surface area (Å²) < 4.78 is 21.9. The Balaban J connectivity index is 0.000000179. The molecule has 0 aliphatic carbocycles. The quantitative estimate of drug-likeness (QED) is 0.106. The van der Waals surface area contributed by atoms with Crippen LogP contribution in [0.4, 0.5) is 0 Å². The molecule has 0 aromatic heterocycles. The first-order valence-electron chi connectivity index (χ1n) is 22.8. The molecule has 9 rings (SSSR count). The van der Waals surface area contributed by atoms with Crippen LogP contribution in [0.25, 0.3) is 11.1 Å². The molecule has 0 amide bonds. The lowest BCUT2D eigenvalue weighted by Crippen LogP contribution is -2.01. The van der Waals surface area contributed by atoms with Crippen LogP contribution in [-0.2, 0) is 0 Å². The largest absolute Gasteiger partial charge is 0.497 e. The van der Waals surface area contributed by atoms with Crippen LogP contribution in [0.1, 0.15) is 77.4 Å². The Labute approximate surface area is 417 Å². The maximum Gasteiger partial charge on any atom is 0.193 e. The second-order valence-corrected chi connectivity index (χ2v) is 16.6. The van der Waals surface area contributed by atoms with E-state index in [9.17, 15) is 14.4 Å². The first kappa shape index (κ1) is 51.6. The molecule has 7 nitrogen and oxygen atoms in total. The summed E-state index contributed by atoms with van der Waals surface area (Å²) in [6.07, 6.45) is 0. The molecule has 0 saturated carbocycles. The lowest BCUT2D eigenvalue weighted by atomic mass is 10.0. The highest BCUT2D eigenvalue weighted by Gasteiger charge is 2.12. The first-order valence-corrected chi connectivity index (χ1v) is 22.8. The number of carbonyl (C=O) groups is 3. The molecule has 0 N–H and O–H groups in total. The fourth-order valence-corrected chi connectivity index (χ4v) is 7.08. The standard InChI is InChI=1S/C27H22O2.C21H18O3.C15H14O2.CH4/c1-19-3-7-21(8-4-19)22-11-15-25(16-12-22)29-26-17-13-24(14-18-26)27(28)23-9-5-20(2)6-10-23;1-15-3-9-19(10-4-15)24-20-13-7-17(8-14-20)21(22)16-5-11-18(23-2)12-6-16;1-11-3-5-12(6-4-11)15(16)13-7-9-14(17-2)10-8-13;/h3-18H,1-2H3;3-14H,1-2H3;3-10H,1-2H3;1H4. The molecule has 9 aromatic carbocycles. The van der Waals surface area contributed by atoms with Crippen LogP contribution in [-0.4, -0.2) is 31.6 Å². The highest BCUT2D eigenvalue weighted by Crippen LogP contribution is 2.28. The van der Waals surface area contributed by atoms with Gasteiger partial charge in [-0.3, -0.25) is 14.4 Å². The summed E-state index contributed by atoms with van der Waals surface area (Å²) in [5.74, 6) is 4.44. The van der Waals surface area contributed by atoms with Gasteiger partial charge in [0.1, 0.15) is 34.5 Å². The fraction of sp³-hybridized carbons (Fsp3) is 0.109. The summed E-state index contributed by atoms with van der Waals surface area (Å²) in [7, 11) is 3.21. The predicted molar refractivity (Wildman–Crippen MR) is 286 cm³/mol. The maximum absolute atomic E-state index is 12.6. The Bertz CT molecular complexity index is 3100. The Morgan fingerprint density at radius 3 is 0.676 bits per heavy atom. The number of rotatable bonds is 13. The van der Waals surface area contributed by atoms with Gasteiger partial charge < -0.3 is 18.9 Å². The number of hydrogen-bond donors (Lipinski definition) is 0. The van der Waals surface area contributed by atoms with E-state index in [2.05, 4.69) is 43.3 Å². The summed E-state index contributed by atoms with van der Waals surface area (Å²) in [5, 5.41) is 0. The van der Waals surface area contributed by atoms with E-state index in [1.54, 1.807) is 99.1 Å². The zero-order valence-electron chi connectivity index (χ0n) is 40.1. The van der Waals surface area contributed by atoms with E-state index in [0.29, 0.717) is 44.9 Å². The van der Waals surface area contributed by atoms with Crippen LogP contribution in [0.15, 0.2) is 218 Å². The van der Waals surface area contributed by atoms with Crippen molar-refractivity contribution < 1.29 is 33.3 Å². The third-order valence-electron chi connectivity index (χ3n) is 11.3. The zero-order chi connectivity index (χ0) is 49.4. The normalized spacial score (nSPS) is 10.2. The molecule has 0 spiro atoms. The second-order valence-electron chi connectivity index (χ2n) is 16.6. The van der Waals surface area contributed by atoms with Gasteiger partial charge in [0.15, 0.2) is 17.3 Å². The third kappa shape index (κ3) is 14.6. The van der Waals surface area contributed by atoms with Gasteiger partial charge in [-0.05, 0) is 160 Å². The molecule has 9 aromatic rings. The Morgan fingerprint density at radius 1 is 0.254 bits per heavy atom. The smallest absolute Gasteiger partial charge is 0.193 e. The van der Waals surface area contributed by atoms with Crippen molar-refractivity contribution in [3.05, 3.63) is 274 Å². The Kier molecular flexibility index (Phi) is 18.2. The van der Waals surface area contributed by atoms with Gasteiger partial charge in [-0.25, -0.2) is 0 Å². The van der Waals surface area contributed by atoms with Crippen molar-refractivity contribution in [1.82, 2.24) is 0 Å². The van der Waals surface area contributed by atoms with Gasteiger partial charge in [0.05, 0.1) is 14.2 Å². The van der Waals surface area contributed by atoms with Crippen LogP contribution in [0, 0.1) is 27.7 Å². The SMILES string of the molecule is C.COc1ccc(C(=O)c2ccc(C)cc2)cc1.COc1ccc(C(=O)c2ccc(Oc3ccc(C)cc3)cc2)cc1.Cc1ccc(C(=O)c2ccc(Oc3ccc(-c4ccc(C)cc4)cc3)cc2)cc1. The van der Waals surface area contributed by atoms with Crippen LogP contribution in [0.3, 0.4) is 0 Å². The van der Waals surface area contributed by atoms with E-state index in [1.807, 2.05) is 118 Å². The van der Waals surface area contributed by atoms with Crippen molar-refractivity contribution in [1.29, 1.82) is 0 Å². The average Bonchev–Trinajstić information content (AvgIpc) is 3.40. The van der Waals surface area contributed by atoms with Crippen molar-refractivity contribution in [2.75, 3.05) is 14.2 Å². The number of ketones is 3. The molecule has 0 aliphatic rings. The first-order chi connectivity index (χ1) is 33.9. The van der Waals surface area contributed by atoms with E-state index in [1.165, 1.54) is 16.7 Å². The summed E-state index contributed by atoms with van der Waals surface area (Å²) in [5.41, 5.74) is 11.0. The lowest BCUT2D eigenvalue weighted by molar-refractivity contribution is 0.103. The van der Waals surface area contributed by atoms with Crippen LogP contribution >= 0.6 is 0 Å². The number of ether oxygens (including phenoxy) is 4. The minimum atomic E-state index is -0.0282. The molecule has 7 heteroatoms. The molecule has 0 unspecified atom stereocenters. The lowest BCUT2D eigenvalue weighted by Gasteiger charge is -2.08. The van der Waals surface area contributed by atoms with Gasteiger partial charge in [0, 0.05) is 33.4 Å². The van der Waals surface area contributed by atoms with Gasteiger partial charge in [0.25, 0.3) is 0 Å². The molecular formula is C64H58O7. The molecule has 0 aliphatic heterocycles. The molecular weight excluding hydrogens is 881 g/mol. The van der Waals surface area contributed by atoms with Crippen molar-refractivity contribution in [2.24, 2.45) is 0 Å². The van der Waals surface area contributed by atoms with Gasteiger partial charge in [-0.2, -0.15) is 0 Å². The summed E-state index contributed by atoms with van der Waals surface area (Å²) in [6, 6.07) is 68.2. The average molecular weight is 939 g/mol. The highest BCUT2D eigenvalue weighted by atomic mass is 16.5. The maximum atomic E-state index is 12.6. The number of benzene rings is 9. The predicted octanol–water partition coefficient (Wildman–Crippen LogP) is 15.9.